The Morgan fingerprint density at radius 2 is 2.55 bits per heavy atom. The number of carbonyl (C=O) groups excluding carboxylic acids is 1. The monoisotopic (exact) mass is 159 g/mol. The lowest BCUT2D eigenvalue weighted by atomic mass is 10.3. The summed E-state index contributed by atoms with van der Waals surface area (Å²) in [5, 5.41) is 9.07. The summed E-state index contributed by atoms with van der Waals surface area (Å²) in [6, 6.07) is 0. The molecule has 0 spiro atoms. The number of nitrogens with one attached hydrogen (secondary N) is 1. The topological polar surface area (TPSA) is 78.6 Å². The van der Waals surface area contributed by atoms with Crippen LogP contribution in [0.3, 0.4) is 0 Å². The molecule has 1 amide bonds. The number of rotatable bonds is 2. The molecule has 1 fully saturated rings. The lowest BCUT2D eigenvalue weighted by molar-refractivity contribution is -0.129. The first-order chi connectivity index (χ1) is 5.24. The number of nitrogens with two attached hydrogens (primary N) is 1. The molecular weight excluding hydrogens is 146 g/mol. The fourth-order valence-electron chi connectivity index (χ4n) is 1.17. The molecule has 5 nitrogen and oxygen atoms in total. The number of nitrogens with zero attached hydrogens (tertiary/aromatic N) is 1. The number of likely N-dealkylation sites (tertiary alicyclic amines) is 1. The van der Waals surface area contributed by atoms with Gasteiger partial charge in [0.2, 0.25) is 5.91 Å². The summed E-state index contributed by atoms with van der Waals surface area (Å²) < 4.78 is 0. The van der Waals surface area contributed by atoms with Crippen molar-refractivity contribution in [1.29, 1.82) is 0 Å². The fourth-order valence-corrected chi connectivity index (χ4v) is 1.17. The predicted molar refractivity (Wildman–Crippen MR) is 39.4 cm³/mol. The SMILES string of the molecule is NNCC(=O)N1CCC(O)C1. The lowest BCUT2D eigenvalue weighted by Crippen LogP contribution is -2.39. The van der Waals surface area contributed by atoms with Crippen molar-refractivity contribution in [2.24, 2.45) is 5.84 Å². The minimum Gasteiger partial charge on any atom is -0.391 e. The standard InChI is InChI=1S/C6H13N3O2/c7-8-3-6(11)9-2-1-5(10)4-9/h5,8,10H,1-4,7H2. The Morgan fingerprint density at radius 3 is 3.00 bits per heavy atom. The molecule has 4 N–H and O–H groups in total. The van der Waals surface area contributed by atoms with Gasteiger partial charge in [0.15, 0.2) is 0 Å². The number of hydrazine groups is 1. The average Bonchev–Trinajstić information content (AvgIpc) is 2.36. The maximum Gasteiger partial charge on any atom is 0.238 e. The van der Waals surface area contributed by atoms with Crippen LogP contribution < -0.4 is 11.3 Å². The fraction of sp³-hybridized carbons (Fsp3) is 0.833. The van der Waals surface area contributed by atoms with Crippen LogP contribution in [0.1, 0.15) is 6.42 Å². The first kappa shape index (κ1) is 8.45. The summed E-state index contributed by atoms with van der Waals surface area (Å²) in [6.45, 7) is 1.23. The maximum atomic E-state index is 11.1. The normalized spacial score (nSPS) is 24.2. The van der Waals surface area contributed by atoms with Crippen LogP contribution in [0.4, 0.5) is 0 Å². The Labute approximate surface area is 65.1 Å². The highest BCUT2D eigenvalue weighted by Gasteiger charge is 2.23. The molecule has 1 rings (SSSR count). The molecule has 64 valence electrons. The maximum absolute atomic E-state index is 11.1. The summed E-state index contributed by atoms with van der Waals surface area (Å²) in [6.07, 6.45) is 0.327. The van der Waals surface area contributed by atoms with Crippen LogP contribution >= 0.6 is 0 Å². The van der Waals surface area contributed by atoms with E-state index in [4.69, 9.17) is 10.9 Å². The summed E-state index contributed by atoms with van der Waals surface area (Å²) in [7, 11) is 0. The number of aliphatic hydroxyl groups excluding tert-OH is 1. The van der Waals surface area contributed by atoms with Gasteiger partial charge in [-0.05, 0) is 6.42 Å². The molecule has 11 heavy (non-hydrogen) atoms. The highest BCUT2D eigenvalue weighted by molar-refractivity contribution is 5.78. The zero-order valence-electron chi connectivity index (χ0n) is 6.29. The van der Waals surface area contributed by atoms with E-state index in [1.54, 1.807) is 4.90 Å². The molecule has 0 radical (unpaired) electrons. The van der Waals surface area contributed by atoms with Crippen LogP contribution in [0, 0.1) is 0 Å². The predicted octanol–water partition coefficient (Wildman–Crippen LogP) is -1.96. The van der Waals surface area contributed by atoms with Crippen LogP contribution in [-0.2, 0) is 4.79 Å². The number of aliphatic hydroxyl groups is 1. The van der Waals surface area contributed by atoms with Gasteiger partial charge in [0, 0.05) is 13.1 Å². The van der Waals surface area contributed by atoms with Crippen LogP contribution in [0.2, 0.25) is 0 Å². The van der Waals surface area contributed by atoms with E-state index >= 15 is 0 Å². The Kier molecular flexibility index (Phi) is 2.81. The van der Waals surface area contributed by atoms with Crippen LogP contribution in [0.5, 0.6) is 0 Å². The quantitative estimate of drug-likeness (QED) is 0.323. The third kappa shape index (κ3) is 2.14. The van der Waals surface area contributed by atoms with Gasteiger partial charge in [0.05, 0.1) is 12.6 Å². The van der Waals surface area contributed by atoms with Gasteiger partial charge in [-0.25, -0.2) is 0 Å². The van der Waals surface area contributed by atoms with E-state index < -0.39 is 0 Å². The van der Waals surface area contributed by atoms with E-state index in [0.29, 0.717) is 19.5 Å². The molecule has 0 aromatic carbocycles. The molecule has 0 aliphatic carbocycles. The second-order valence-electron chi connectivity index (χ2n) is 2.66. The molecule has 0 aromatic heterocycles. The molecule has 1 unspecified atom stereocenters. The third-order valence-electron chi connectivity index (χ3n) is 1.77. The van der Waals surface area contributed by atoms with Crippen LogP contribution in [-0.4, -0.2) is 41.7 Å². The van der Waals surface area contributed by atoms with Crippen LogP contribution in [0.25, 0.3) is 0 Å². The Balaban J connectivity index is 2.31. The summed E-state index contributed by atoms with van der Waals surface area (Å²) >= 11 is 0. The van der Waals surface area contributed by atoms with Gasteiger partial charge in [0.1, 0.15) is 0 Å². The minimum absolute atomic E-state index is 0.0518. The highest BCUT2D eigenvalue weighted by atomic mass is 16.3. The van der Waals surface area contributed by atoms with Crippen molar-refractivity contribution in [2.75, 3.05) is 19.6 Å². The molecule has 1 heterocycles. The van der Waals surface area contributed by atoms with Crippen molar-refractivity contribution in [2.45, 2.75) is 12.5 Å². The summed E-state index contributed by atoms with van der Waals surface area (Å²) in [5.41, 5.74) is 2.29. The molecule has 0 saturated carbocycles. The van der Waals surface area contributed by atoms with Gasteiger partial charge in [-0.1, -0.05) is 0 Å². The van der Waals surface area contributed by atoms with Crippen molar-refractivity contribution in [1.82, 2.24) is 10.3 Å². The van der Waals surface area contributed by atoms with Gasteiger partial charge >= 0.3 is 0 Å². The van der Waals surface area contributed by atoms with E-state index in [1.807, 2.05) is 0 Å². The number of hydrogen-bond acceptors (Lipinski definition) is 4. The number of β-amino-alcohol motifs (C(OH)–C–C–N with tert-alkyl or cyclic N) is 1. The molecule has 1 aliphatic rings. The zero-order valence-corrected chi connectivity index (χ0v) is 6.29. The number of carbonyl (C=O) groups is 1. The summed E-state index contributed by atoms with van der Waals surface area (Å²) in [4.78, 5) is 12.7. The third-order valence-corrected chi connectivity index (χ3v) is 1.77. The zero-order chi connectivity index (χ0) is 8.27. The van der Waals surface area contributed by atoms with Crippen molar-refractivity contribution >= 4 is 5.91 Å². The van der Waals surface area contributed by atoms with Gasteiger partial charge in [0.25, 0.3) is 0 Å². The second-order valence-corrected chi connectivity index (χ2v) is 2.66. The minimum atomic E-state index is -0.350. The van der Waals surface area contributed by atoms with Crippen molar-refractivity contribution in [3.05, 3.63) is 0 Å². The largest absolute Gasteiger partial charge is 0.391 e. The van der Waals surface area contributed by atoms with Crippen LogP contribution in [0.15, 0.2) is 0 Å². The van der Waals surface area contributed by atoms with E-state index in [2.05, 4.69) is 5.43 Å². The summed E-state index contributed by atoms with van der Waals surface area (Å²) in [5.74, 6) is 4.92. The lowest BCUT2D eigenvalue weighted by Gasteiger charge is -2.14. The second kappa shape index (κ2) is 3.66. The molecule has 1 saturated heterocycles. The first-order valence-electron chi connectivity index (χ1n) is 3.63. The molecule has 1 atom stereocenters. The smallest absolute Gasteiger partial charge is 0.238 e. The van der Waals surface area contributed by atoms with E-state index in [9.17, 15) is 4.79 Å². The van der Waals surface area contributed by atoms with Gasteiger partial charge in [-0.3, -0.25) is 16.1 Å². The number of hydrogen-bond donors (Lipinski definition) is 3. The van der Waals surface area contributed by atoms with Gasteiger partial charge < -0.3 is 10.0 Å². The molecule has 0 bridgehead atoms. The van der Waals surface area contributed by atoms with Crippen molar-refractivity contribution < 1.29 is 9.90 Å². The average molecular weight is 159 g/mol. The first-order valence-corrected chi connectivity index (χ1v) is 3.63. The molecule has 5 heteroatoms. The van der Waals surface area contributed by atoms with Gasteiger partial charge in [-0.2, -0.15) is 0 Å². The number of amides is 1. The van der Waals surface area contributed by atoms with Crippen molar-refractivity contribution in [3.8, 4) is 0 Å². The van der Waals surface area contributed by atoms with E-state index in [-0.39, 0.29) is 18.6 Å². The molecular formula is C6H13N3O2. The molecule has 1 aliphatic heterocycles. The van der Waals surface area contributed by atoms with E-state index in [1.165, 1.54) is 0 Å². The Morgan fingerprint density at radius 1 is 1.82 bits per heavy atom. The van der Waals surface area contributed by atoms with Gasteiger partial charge in [-0.15, -0.1) is 0 Å². The van der Waals surface area contributed by atoms with E-state index in [0.717, 1.165) is 0 Å². The van der Waals surface area contributed by atoms with Crippen molar-refractivity contribution in [3.63, 3.8) is 0 Å². The Bertz CT molecular complexity index is 151. The highest BCUT2D eigenvalue weighted by Crippen LogP contribution is 2.07. The molecule has 0 aromatic rings. The Hall–Kier alpha value is -0.650.